The Hall–Kier alpha value is -0.770. The maximum atomic E-state index is 10.5. The molecule has 0 aromatic heterocycles. The van der Waals surface area contributed by atoms with E-state index in [2.05, 4.69) is 10.2 Å². The van der Waals surface area contributed by atoms with Crippen LogP contribution < -0.4 is 5.32 Å². The quantitative estimate of drug-likeness (QED) is 0.773. The van der Waals surface area contributed by atoms with E-state index in [1.165, 1.54) is 45.3 Å². The van der Waals surface area contributed by atoms with Crippen LogP contribution in [-0.2, 0) is 0 Å². The minimum atomic E-state index is -0.872. The van der Waals surface area contributed by atoms with E-state index in [1.54, 1.807) is 0 Å². The van der Waals surface area contributed by atoms with Gasteiger partial charge in [0.1, 0.15) is 0 Å². The summed E-state index contributed by atoms with van der Waals surface area (Å²) in [5.41, 5.74) is 0. The zero-order valence-corrected chi connectivity index (χ0v) is 9.82. The van der Waals surface area contributed by atoms with Crippen LogP contribution in [0.3, 0.4) is 0 Å². The topological polar surface area (TPSA) is 52.6 Å². The van der Waals surface area contributed by atoms with Gasteiger partial charge in [-0.2, -0.15) is 0 Å². The van der Waals surface area contributed by atoms with Crippen LogP contribution in [0.15, 0.2) is 0 Å². The SMILES string of the molecule is O=C(O)NC1CCC(CN2CCCC2)CC1. The molecule has 2 rings (SSSR count). The molecule has 1 amide bonds. The molecule has 1 aliphatic heterocycles. The fourth-order valence-electron chi connectivity index (χ4n) is 2.99. The second-order valence-electron chi connectivity index (χ2n) is 5.17. The van der Waals surface area contributed by atoms with Crippen LogP contribution in [0, 0.1) is 5.92 Å². The van der Waals surface area contributed by atoms with Gasteiger partial charge in [0, 0.05) is 12.6 Å². The summed E-state index contributed by atoms with van der Waals surface area (Å²) >= 11 is 0. The average molecular weight is 226 g/mol. The van der Waals surface area contributed by atoms with E-state index in [0.29, 0.717) is 0 Å². The summed E-state index contributed by atoms with van der Waals surface area (Å²) in [4.78, 5) is 13.1. The van der Waals surface area contributed by atoms with Crippen molar-refractivity contribution in [1.82, 2.24) is 10.2 Å². The minimum absolute atomic E-state index is 0.201. The van der Waals surface area contributed by atoms with Crippen molar-refractivity contribution in [2.45, 2.75) is 44.6 Å². The number of hydrogen-bond acceptors (Lipinski definition) is 2. The number of hydrogen-bond donors (Lipinski definition) is 2. The monoisotopic (exact) mass is 226 g/mol. The Morgan fingerprint density at radius 2 is 1.81 bits per heavy atom. The lowest BCUT2D eigenvalue weighted by Crippen LogP contribution is -2.38. The van der Waals surface area contributed by atoms with Crippen molar-refractivity contribution in [1.29, 1.82) is 0 Å². The van der Waals surface area contributed by atoms with Gasteiger partial charge in [-0.25, -0.2) is 4.79 Å². The zero-order valence-electron chi connectivity index (χ0n) is 9.82. The number of nitrogens with zero attached hydrogens (tertiary/aromatic N) is 1. The molecule has 0 unspecified atom stereocenters. The number of nitrogens with one attached hydrogen (secondary N) is 1. The van der Waals surface area contributed by atoms with E-state index in [-0.39, 0.29) is 6.04 Å². The molecule has 16 heavy (non-hydrogen) atoms. The van der Waals surface area contributed by atoms with Gasteiger partial charge in [0.05, 0.1) is 0 Å². The lowest BCUT2D eigenvalue weighted by molar-refractivity contribution is 0.175. The molecule has 0 bridgehead atoms. The first-order valence-electron chi connectivity index (χ1n) is 6.46. The molecule has 1 saturated heterocycles. The standard InChI is InChI=1S/C12H22N2O2/c15-12(16)13-11-5-3-10(4-6-11)9-14-7-1-2-8-14/h10-11,13H,1-9H2,(H,15,16). The molecule has 2 aliphatic rings. The highest BCUT2D eigenvalue weighted by Gasteiger charge is 2.24. The van der Waals surface area contributed by atoms with Crippen LogP contribution in [-0.4, -0.2) is 41.8 Å². The first kappa shape index (κ1) is 11.7. The molecule has 0 aromatic carbocycles. The van der Waals surface area contributed by atoms with E-state index >= 15 is 0 Å². The highest BCUT2D eigenvalue weighted by molar-refractivity contribution is 5.64. The van der Waals surface area contributed by atoms with Crippen molar-refractivity contribution in [3.63, 3.8) is 0 Å². The van der Waals surface area contributed by atoms with Gasteiger partial charge < -0.3 is 15.3 Å². The minimum Gasteiger partial charge on any atom is -0.465 e. The maximum Gasteiger partial charge on any atom is 0.404 e. The molecule has 1 heterocycles. The third-order valence-electron chi connectivity index (χ3n) is 3.89. The lowest BCUT2D eigenvalue weighted by Gasteiger charge is -2.30. The Morgan fingerprint density at radius 3 is 2.38 bits per heavy atom. The molecule has 0 aromatic rings. The van der Waals surface area contributed by atoms with Crippen molar-refractivity contribution in [2.75, 3.05) is 19.6 Å². The molecule has 1 saturated carbocycles. The number of rotatable bonds is 3. The van der Waals surface area contributed by atoms with Gasteiger partial charge in [-0.1, -0.05) is 0 Å². The Morgan fingerprint density at radius 1 is 1.19 bits per heavy atom. The first-order valence-corrected chi connectivity index (χ1v) is 6.46. The second kappa shape index (κ2) is 5.53. The third kappa shape index (κ3) is 3.37. The Kier molecular flexibility index (Phi) is 4.04. The first-order chi connectivity index (χ1) is 7.74. The molecule has 4 nitrogen and oxygen atoms in total. The van der Waals surface area contributed by atoms with Crippen molar-refractivity contribution in [3.8, 4) is 0 Å². The summed E-state index contributed by atoms with van der Waals surface area (Å²) < 4.78 is 0. The number of carbonyl (C=O) groups is 1. The zero-order chi connectivity index (χ0) is 11.4. The molecular formula is C12H22N2O2. The molecule has 2 N–H and O–H groups in total. The largest absolute Gasteiger partial charge is 0.465 e. The molecule has 4 heteroatoms. The van der Waals surface area contributed by atoms with Gasteiger partial charge in [-0.05, 0) is 57.5 Å². The van der Waals surface area contributed by atoms with Crippen molar-refractivity contribution in [2.24, 2.45) is 5.92 Å². The summed E-state index contributed by atoms with van der Waals surface area (Å²) in [6, 6.07) is 0.201. The molecule has 2 fully saturated rings. The van der Waals surface area contributed by atoms with Crippen LogP contribution in [0.2, 0.25) is 0 Å². The van der Waals surface area contributed by atoms with Gasteiger partial charge >= 0.3 is 6.09 Å². The van der Waals surface area contributed by atoms with Crippen molar-refractivity contribution < 1.29 is 9.90 Å². The van der Waals surface area contributed by atoms with E-state index in [4.69, 9.17) is 5.11 Å². The number of likely N-dealkylation sites (tertiary alicyclic amines) is 1. The average Bonchev–Trinajstić information content (AvgIpc) is 2.73. The van der Waals surface area contributed by atoms with Crippen LogP contribution in [0.1, 0.15) is 38.5 Å². The number of amides is 1. The summed E-state index contributed by atoms with van der Waals surface area (Å²) in [5, 5.41) is 11.2. The van der Waals surface area contributed by atoms with Gasteiger partial charge in [0.2, 0.25) is 0 Å². The summed E-state index contributed by atoms with van der Waals surface area (Å²) in [6.07, 6.45) is 6.24. The van der Waals surface area contributed by atoms with Gasteiger partial charge in [0.15, 0.2) is 0 Å². The molecular weight excluding hydrogens is 204 g/mol. The highest BCUT2D eigenvalue weighted by Crippen LogP contribution is 2.26. The molecule has 0 atom stereocenters. The fourth-order valence-corrected chi connectivity index (χ4v) is 2.99. The highest BCUT2D eigenvalue weighted by atomic mass is 16.4. The van der Waals surface area contributed by atoms with E-state index in [0.717, 1.165) is 18.8 Å². The van der Waals surface area contributed by atoms with E-state index < -0.39 is 6.09 Å². The normalized spacial score (nSPS) is 31.5. The summed E-state index contributed by atoms with van der Waals surface area (Å²) in [5.74, 6) is 0.796. The Bertz CT molecular complexity index is 231. The molecule has 92 valence electrons. The van der Waals surface area contributed by atoms with Crippen molar-refractivity contribution in [3.05, 3.63) is 0 Å². The molecule has 1 aliphatic carbocycles. The smallest absolute Gasteiger partial charge is 0.404 e. The lowest BCUT2D eigenvalue weighted by atomic mass is 9.86. The van der Waals surface area contributed by atoms with Crippen LogP contribution >= 0.6 is 0 Å². The van der Waals surface area contributed by atoms with E-state index in [9.17, 15) is 4.79 Å². The maximum absolute atomic E-state index is 10.5. The number of carboxylic acid groups (broad SMARTS) is 1. The van der Waals surface area contributed by atoms with Gasteiger partial charge in [0.25, 0.3) is 0 Å². The summed E-state index contributed by atoms with van der Waals surface area (Å²) in [7, 11) is 0. The van der Waals surface area contributed by atoms with Gasteiger partial charge in [-0.15, -0.1) is 0 Å². The second-order valence-corrected chi connectivity index (χ2v) is 5.17. The molecule has 0 radical (unpaired) electrons. The predicted molar refractivity (Wildman–Crippen MR) is 62.6 cm³/mol. The third-order valence-corrected chi connectivity index (χ3v) is 3.89. The fraction of sp³-hybridized carbons (Fsp3) is 0.917. The summed E-state index contributed by atoms with van der Waals surface area (Å²) in [6.45, 7) is 3.78. The Balaban J connectivity index is 1.66. The van der Waals surface area contributed by atoms with Gasteiger partial charge in [-0.3, -0.25) is 0 Å². The molecule has 0 spiro atoms. The van der Waals surface area contributed by atoms with Crippen LogP contribution in [0.4, 0.5) is 4.79 Å². The van der Waals surface area contributed by atoms with Crippen LogP contribution in [0.5, 0.6) is 0 Å². The predicted octanol–water partition coefficient (Wildman–Crippen LogP) is 1.91. The Labute approximate surface area is 97.0 Å². The van der Waals surface area contributed by atoms with Crippen LogP contribution in [0.25, 0.3) is 0 Å². The van der Waals surface area contributed by atoms with Crippen molar-refractivity contribution >= 4 is 6.09 Å². The van der Waals surface area contributed by atoms with E-state index in [1.807, 2.05) is 0 Å².